The molecule has 0 aliphatic rings. The molecule has 0 saturated heterocycles. The second-order valence-corrected chi connectivity index (χ2v) is 7.45. The third kappa shape index (κ3) is 7.85. The van der Waals surface area contributed by atoms with Crippen LogP contribution < -0.4 is 5.32 Å². The topological polar surface area (TPSA) is 124 Å². The smallest absolute Gasteiger partial charge is 0.332 e. The van der Waals surface area contributed by atoms with E-state index >= 15 is 0 Å². The molecule has 0 radical (unpaired) electrons. The van der Waals surface area contributed by atoms with Crippen LogP contribution in [0.2, 0.25) is 5.02 Å². The SMILES string of the molecule is O=C(O)CCCC(=O)N[C@H](Cc1ccc(-c2cccc(Cl)c2)cc1)C[C@@H](O)C(=O)O. The van der Waals surface area contributed by atoms with Crippen molar-refractivity contribution >= 4 is 29.4 Å². The van der Waals surface area contributed by atoms with Gasteiger partial charge in [-0.1, -0.05) is 48.0 Å². The number of nitrogens with one attached hydrogen (secondary N) is 1. The molecule has 0 aliphatic carbocycles. The number of amides is 1. The maximum Gasteiger partial charge on any atom is 0.332 e. The molecule has 8 heteroatoms. The molecule has 1 amide bonds. The number of carboxylic acid groups (broad SMARTS) is 2. The summed E-state index contributed by atoms with van der Waals surface area (Å²) in [6.45, 7) is 0. The van der Waals surface area contributed by atoms with E-state index in [1.165, 1.54) is 0 Å². The van der Waals surface area contributed by atoms with Gasteiger partial charge in [0.15, 0.2) is 6.10 Å². The molecule has 7 nitrogen and oxygen atoms in total. The zero-order valence-corrected chi connectivity index (χ0v) is 17.0. The second-order valence-electron chi connectivity index (χ2n) is 7.01. The van der Waals surface area contributed by atoms with Crippen molar-refractivity contribution in [3.8, 4) is 11.1 Å². The molecule has 0 bridgehead atoms. The first-order valence-corrected chi connectivity index (χ1v) is 9.89. The van der Waals surface area contributed by atoms with Crippen molar-refractivity contribution in [2.75, 3.05) is 0 Å². The van der Waals surface area contributed by atoms with E-state index in [0.29, 0.717) is 11.4 Å². The lowest BCUT2D eigenvalue weighted by molar-refractivity contribution is -0.147. The van der Waals surface area contributed by atoms with Gasteiger partial charge in [-0.3, -0.25) is 9.59 Å². The Morgan fingerprint density at radius 2 is 1.67 bits per heavy atom. The minimum Gasteiger partial charge on any atom is -0.481 e. The molecule has 160 valence electrons. The summed E-state index contributed by atoms with van der Waals surface area (Å²) >= 11 is 6.03. The van der Waals surface area contributed by atoms with E-state index in [1.807, 2.05) is 42.5 Å². The Labute approximate surface area is 179 Å². The molecule has 2 atom stereocenters. The van der Waals surface area contributed by atoms with E-state index in [4.69, 9.17) is 21.8 Å². The summed E-state index contributed by atoms with van der Waals surface area (Å²) in [6, 6.07) is 14.4. The molecular formula is C22H24ClNO6. The number of benzene rings is 2. The Bertz CT molecular complexity index is 883. The van der Waals surface area contributed by atoms with Gasteiger partial charge in [0.2, 0.25) is 5.91 Å². The summed E-state index contributed by atoms with van der Waals surface area (Å²) in [7, 11) is 0. The van der Waals surface area contributed by atoms with Crippen LogP contribution >= 0.6 is 11.6 Å². The van der Waals surface area contributed by atoms with Crippen LogP contribution in [0.5, 0.6) is 0 Å². The number of hydrogen-bond acceptors (Lipinski definition) is 4. The van der Waals surface area contributed by atoms with Gasteiger partial charge in [0.1, 0.15) is 0 Å². The number of aliphatic hydroxyl groups excluding tert-OH is 1. The van der Waals surface area contributed by atoms with Gasteiger partial charge in [0.05, 0.1) is 0 Å². The number of rotatable bonds is 11. The van der Waals surface area contributed by atoms with Crippen LogP contribution in [0.3, 0.4) is 0 Å². The van der Waals surface area contributed by atoms with Gasteiger partial charge in [0, 0.05) is 30.3 Å². The summed E-state index contributed by atoms with van der Waals surface area (Å²) in [5.74, 6) is -2.73. The minimum absolute atomic E-state index is 0.0136. The van der Waals surface area contributed by atoms with E-state index in [2.05, 4.69) is 5.32 Å². The number of aliphatic carboxylic acids is 2. The Kier molecular flexibility index (Phi) is 8.83. The third-order valence-electron chi connectivity index (χ3n) is 4.55. The molecule has 4 N–H and O–H groups in total. The van der Waals surface area contributed by atoms with Crippen LogP contribution in [-0.4, -0.2) is 45.3 Å². The highest BCUT2D eigenvalue weighted by molar-refractivity contribution is 6.30. The molecule has 0 saturated carbocycles. The van der Waals surface area contributed by atoms with E-state index < -0.39 is 24.1 Å². The summed E-state index contributed by atoms with van der Waals surface area (Å²) in [5.41, 5.74) is 2.77. The van der Waals surface area contributed by atoms with Crippen molar-refractivity contribution in [1.82, 2.24) is 5.32 Å². The summed E-state index contributed by atoms with van der Waals surface area (Å²) in [5, 5.41) is 30.7. The number of halogens is 1. The van der Waals surface area contributed by atoms with Crippen LogP contribution in [0.1, 0.15) is 31.2 Å². The van der Waals surface area contributed by atoms with Gasteiger partial charge in [-0.15, -0.1) is 0 Å². The average molecular weight is 434 g/mol. The van der Waals surface area contributed by atoms with Gasteiger partial charge in [-0.2, -0.15) is 0 Å². The molecule has 0 unspecified atom stereocenters. The number of hydrogen-bond donors (Lipinski definition) is 4. The summed E-state index contributed by atoms with van der Waals surface area (Å²) < 4.78 is 0. The maximum atomic E-state index is 12.1. The Hall–Kier alpha value is -2.90. The molecule has 2 aromatic rings. The van der Waals surface area contributed by atoms with Crippen LogP contribution in [0.15, 0.2) is 48.5 Å². The van der Waals surface area contributed by atoms with Gasteiger partial charge < -0.3 is 20.6 Å². The van der Waals surface area contributed by atoms with E-state index in [-0.39, 0.29) is 31.6 Å². The van der Waals surface area contributed by atoms with Crippen LogP contribution in [-0.2, 0) is 20.8 Å². The number of carbonyl (C=O) groups is 3. The second kappa shape index (κ2) is 11.3. The first-order valence-electron chi connectivity index (χ1n) is 9.51. The standard InChI is InChI=1S/C22H24ClNO6/c23-17-4-1-3-16(12-17)15-9-7-14(8-10-15)11-18(13-19(25)22(29)30)24-20(26)5-2-6-21(27)28/h1,3-4,7-10,12,18-19,25H,2,5-6,11,13H2,(H,24,26)(H,27,28)(H,29,30)/t18-,19-/m1/s1. The lowest BCUT2D eigenvalue weighted by Crippen LogP contribution is -2.40. The largest absolute Gasteiger partial charge is 0.481 e. The lowest BCUT2D eigenvalue weighted by Gasteiger charge is -2.20. The Morgan fingerprint density at radius 1 is 0.967 bits per heavy atom. The van der Waals surface area contributed by atoms with E-state index in [9.17, 15) is 19.5 Å². The molecule has 0 fully saturated rings. The lowest BCUT2D eigenvalue weighted by atomic mass is 9.97. The maximum absolute atomic E-state index is 12.1. The van der Waals surface area contributed by atoms with Crippen molar-refractivity contribution < 1.29 is 29.7 Å². The number of aliphatic hydroxyl groups is 1. The zero-order chi connectivity index (χ0) is 22.1. The van der Waals surface area contributed by atoms with Crippen LogP contribution in [0.25, 0.3) is 11.1 Å². The highest BCUT2D eigenvalue weighted by Gasteiger charge is 2.22. The summed E-state index contributed by atoms with van der Waals surface area (Å²) in [6.07, 6.45) is -1.37. The van der Waals surface area contributed by atoms with Crippen LogP contribution in [0.4, 0.5) is 0 Å². The summed E-state index contributed by atoms with van der Waals surface area (Å²) in [4.78, 5) is 33.7. The van der Waals surface area contributed by atoms with Gasteiger partial charge >= 0.3 is 11.9 Å². The minimum atomic E-state index is -1.61. The van der Waals surface area contributed by atoms with Crippen molar-refractivity contribution in [1.29, 1.82) is 0 Å². The zero-order valence-electron chi connectivity index (χ0n) is 16.3. The Morgan fingerprint density at radius 3 is 2.27 bits per heavy atom. The molecule has 0 aliphatic heterocycles. The number of carbonyl (C=O) groups excluding carboxylic acids is 1. The fourth-order valence-corrected chi connectivity index (χ4v) is 3.24. The monoisotopic (exact) mass is 433 g/mol. The molecule has 0 spiro atoms. The van der Waals surface area contributed by atoms with Gasteiger partial charge in [-0.25, -0.2) is 4.79 Å². The van der Waals surface area contributed by atoms with Gasteiger partial charge in [-0.05, 0) is 41.7 Å². The van der Waals surface area contributed by atoms with Gasteiger partial charge in [0.25, 0.3) is 0 Å². The highest BCUT2D eigenvalue weighted by atomic mass is 35.5. The molecule has 0 aromatic heterocycles. The highest BCUT2D eigenvalue weighted by Crippen LogP contribution is 2.23. The normalized spacial score (nSPS) is 12.7. The predicted octanol–water partition coefficient (Wildman–Crippen LogP) is 3.12. The molecule has 2 aromatic carbocycles. The number of carboxylic acids is 2. The Balaban J connectivity index is 2.05. The van der Waals surface area contributed by atoms with E-state index in [0.717, 1.165) is 16.7 Å². The van der Waals surface area contributed by atoms with Crippen molar-refractivity contribution in [2.24, 2.45) is 0 Å². The first-order chi connectivity index (χ1) is 14.2. The molecule has 0 heterocycles. The van der Waals surface area contributed by atoms with Crippen molar-refractivity contribution in [3.63, 3.8) is 0 Å². The van der Waals surface area contributed by atoms with E-state index in [1.54, 1.807) is 6.07 Å². The quantitative estimate of drug-likeness (QED) is 0.431. The fraction of sp³-hybridized carbons (Fsp3) is 0.318. The molecule has 30 heavy (non-hydrogen) atoms. The fourth-order valence-electron chi connectivity index (χ4n) is 3.05. The predicted molar refractivity (Wildman–Crippen MR) is 112 cm³/mol. The average Bonchev–Trinajstić information content (AvgIpc) is 2.68. The molecular weight excluding hydrogens is 410 g/mol. The van der Waals surface area contributed by atoms with Crippen molar-refractivity contribution in [2.45, 2.75) is 44.2 Å². The van der Waals surface area contributed by atoms with Crippen LogP contribution in [0, 0.1) is 0 Å². The first kappa shape index (κ1) is 23.4. The van der Waals surface area contributed by atoms with Crippen molar-refractivity contribution in [3.05, 3.63) is 59.1 Å². The third-order valence-corrected chi connectivity index (χ3v) is 4.78. The molecule has 2 rings (SSSR count).